The maximum Gasteiger partial charge on any atom is 0.693 e. The highest BCUT2D eigenvalue weighted by atomic mass is 31.2. The van der Waals surface area contributed by atoms with E-state index in [1.807, 2.05) is 0 Å². The lowest BCUT2D eigenvalue weighted by Crippen LogP contribution is -1.79. The monoisotopic (exact) mass is 135 g/mol. The normalized spacial score (nSPS) is 10.6. The molecule has 0 radical (unpaired) electrons. The van der Waals surface area contributed by atoms with Crippen LogP contribution in [0.2, 0.25) is 0 Å². The van der Waals surface area contributed by atoms with Gasteiger partial charge in [-0.15, -0.1) is 0 Å². The second kappa shape index (κ2) is 2.83. The van der Waals surface area contributed by atoms with Crippen LogP contribution < -0.4 is 0 Å². The van der Waals surface area contributed by atoms with Gasteiger partial charge in [0.2, 0.25) is 0 Å². The predicted octanol–water partition coefficient (Wildman–Crippen LogP) is 1.31. The maximum atomic E-state index is 10.5. The first kappa shape index (κ1) is 7.64. The third-order valence-electron chi connectivity index (χ3n) is 0.584. The molecule has 0 atom stereocenters. The highest BCUT2D eigenvalue weighted by molar-refractivity contribution is 7.56. The van der Waals surface area contributed by atoms with E-state index >= 15 is 0 Å². The molecule has 0 fully saturated rings. The molecule has 46 valence electrons. The van der Waals surface area contributed by atoms with Crippen molar-refractivity contribution in [2.24, 2.45) is 0 Å². The van der Waals surface area contributed by atoms with Crippen molar-refractivity contribution in [2.45, 2.75) is 0 Å². The third-order valence-corrected chi connectivity index (χ3v) is 1.75. The van der Waals surface area contributed by atoms with Crippen molar-refractivity contribution in [1.29, 1.82) is 0 Å². The minimum absolute atomic E-state index is 1.17. The van der Waals surface area contributed by atoms with Gasteiger partial charge in [-0.05, 0) is 0 Å². The smallest absolute Gasteiger partial charge is 0.248 e. The molecule has 8 heavy (non-hydrogen) atoms. The molecule has 4 nitrogen and oxygen atoms in total. The van der Waals surface area contributed by atoms with Crippen molar-refractivity contribution in [3.05, 3.63) is 11.2 Å². The Morgan fingerprint density at radius 1 is 1.50 bits per heavy atom. The summed E-state index contributed by atoms with van der Waals surface area (Å²) in [6.07, 6.45) is 0. The zero-order valence-electron chi connectivity index (χ0n) is 4.62. The summed E-state index contributed by atoms with van der Waals surface area (Å²) in [6.45, 7) is 6.27. The van der Waals surface area contributed by atoms with Gasteiger partial charge in [-0.25, -0.2) is 20.2 Å². The summed E-state index contributed by atoms with van der Waals surface area (Å²) in [5.41, 5.74) is 0. The highest BCUT2D eigenvalue weighted by Gasteiger charge is 2.28. The maximum absolute atomic E-state index is 10.5. The number of rotatable bonds is 2. The predicted molar refractivity (Wildman–Crippen MR) is 28.2 cm³/mol. The van der Waals surface area contributed by atoms with Gasteiger partial charge in [0, 0.05) is 0 Å². The van der Waals surface area contributed by atoms with Crippen LogP contribution in [0, 0.1) is 6.57 Å². The Morgan fingerprint density at radius 2 is 1.88 bits per heavy atom. The Morgan fingerprint density at radius 3 is 1.88 bits per heavy atom. The summed E-state index contributed by atoms with van der Waals surface area (Å²) in [6, 6.07) is 0. The zero-order valence-corrected chi connectivity index (χ0v) is 5.51. The van der Waals surface area contributed by atoms with E-state index in [1.54, 1.807) is 0 Å². The molecule has 0 spiro atoms. The molecular formula is C3H6NO3P. The molecular weight excluding hydrogens is 129 g/mol. The average molecular weight is 135 g/mol. The van der Waals surface area contributed by atoms with E-state index in [0.29, 0.717) is 0 Å². The fraction of sp³-hybridized carbons (Fsp3) is 0.667. The van der Waals surface area contributed by atoms with Crippen molar-refractivity contribution in [2.75, 3.05) is 14.2 Å². The molecule has 0 rings (SSSR count). The largest absolute Gasteiger partial charge is 0.693 e. The quantitative estimate of drug-likeness (QED) is 0.423. The SMILES string of the molecule is [C-]#[N+]P(=O)(OC)OC. The second-order valence-electron chi connectivity index (χ2n) is 0.934. The lowest BCUT2D eigenvalue weighted by Gasteiger charge is -1.93. The Bertz CT molecular complexity index is 141. The Labute approximate surface area is 47.8 Å². The molecule has 0 N–H and O–H groups in total. The van der Waals surface area contributed by atoms with Gasteiger partial charge in [-0.1, -0.05) is 0 Å². The van der Waals surface area contributed by atoms with Gasteiger partial charge in [0.15, 0.2) is 0 Å². The molecule has 0 aliphatic carbocycles. The molecule has 0 heterocycles. The first-order valence-corrected chi connectivity index (χ1v) is 3.28. The molecule has 5 heteroatoms. The van der Waals surface area contributed by atoms with Crippen LogP contribution in [0.25, 0.3) is 4.62 Å². The summed E-state index contributed by atoms with van der Waals surface area (Å²) in [5, 5.41) is 0. The van der Waals surface area contributed by atoms with Crippen molar-refractivity contribution in [3.63, 3.8) is 0 Å². The van der Waals surface area contributed by atoms with E-state index < -0.39 is 7.75 Å². The lowest BCUT2D eigenvalue weighted by atomic mass is 11.8. The van der Waals surface area contributed by atoms with Crippen LogP contribution in [0.3, 0.4) is 0 Å². The summed E-state index contributed by atoms with van der Waals surface area (Å²) in [4.78, 5) is 0. The van der Waals surface area contributed by atoms with Gasteiger partial charge in [0.05, 0.1) is 14.2 Å². The van der Waals surface area contributed by atoms with Gasteiger partial charge in [-0.2, -0.15) is 4.57 Å². The van der Waals surface area contributed by atoms with Crippen LogP contribution >= 0.6 is 7.75 Å². The van der Waals surface area contributed by atoms with Crippen LogP contribution in [-0.2, 0) is 13.6 Å². The fourth-order valence-corrected chi connectivity index (χ4v) is 0.469. The molecule has 0 aromatic rings. The third kappa shape index (κ3) is 1.63. The van der Waals surface area contributed by atoms with Gasteiger partial charge < -0.3 is 0 Å². The Kier molecular flexibility index (Phi) is 2.70. The summed E-state index contributed by atoms with van der Waals surface area (Å²) in [5.74, 6) is 0. The molecule has 0 amide bonds. The highest BCUT2D eigenvalue weighted by Crippen LogP contribution is 2.47. The van der Waals surface area contributed by atoms with E-state index in [-0.39, 0.29) is 0 Å². The van der Waals surface area contributed by atoms with Crippen LogP contribution in [0.4, 0.5) is 0 Å². The van der Waals surface area contributed by atoms with Gasteiger partial charge >= 0.3 is 7.75 Å². The van der Waals surface area contributed by atoms with Crippen molar-refractivity contribution >= 4 is 7.75 Å². The summed E-state index contributed by atoms with van der Waals surface area (Å²) in [7, 11) is -1.03. The lowest BCUT2D eigenvalue weighted by molar-refractivity contribution is 0.285. The number of hydrogen-bond donors (Lipinski definition) is 0. The Hall–Kier alpha value is -0.360. The molecule has 0 aromatic heterocycles. The Balaban J connectivity index is 4.06. The van der Waals surface area contributed by atoms with Crippen molar-refractivity contribution in [3.8, 4) is 0 Å². The van der Waals surface area contributed by atoms with E-state index in [0.717, 1.165) is 0 Å². The molecule has 0 bridgehead atoms. The van der Waals surface area contributed by atoms with E-state index in [4.69, 9.17) is 6.57 Å². The van der Waals surface area contributed by atoms with E-state index in [9.17, 15) is 4.57 Å². The molecule has 0 saturated heterocycles. The molecule has 0 aliphatic rings. The number of nitrogens with zero attached hydrogens (tertiary/aromatic N) is 1. The minimum atomic E-state index is -3.37. The van der Waals surface area contributed by atoms with E-state index in [2.05, 4.69) is 13.7 Å². The first-order chi connectivity index (χ1) is 3.68. The van der Waals surface area contributed by atoms with E-state index in [1.165, 1.54) is 14.2 Å². The van der Waals surface area contributed by atoms with Crippen LogP contribution in [0.1, 0.15) is 0 Å². The second-order valence-corrected chi connectivity index (χ2v) is 2.80. The first-order valence-electron chi connectivity index (χ1n) is 1.79. The van der Waals surface area contributed by atoms with Crippen molar-refractivity contribution in [1.82, 2.24) is 0 Å². The van der Waals surface area contributed by atoms with Crippen LogP contribution in [-0.4, -0.2) is 14.2 Å². The van der Waals surface area contributed by atoms with Gasteiger partial charge in [0.25, 0.3) is 0 Å². The fourth-order valence-electron chi connectivity index (χ4n) is 0.156. The summed E-state index contributed by atoms with van der Waals surface area (Å²) >= 11 is 0. The van der Waals surface area contributed by atoms with Gasteiger partial charge in [0.1, 0.15) is 0 Å². The average Bonchev–Trinajstić information content (AvgIpc) is 1.87. The van der Waals surface area contributed by atoms with Crippen LogP contribution in [0.5, 0.6) is 0 Å². The molecule has 0 unspecified atom stereocenters. The number of hydrogen-bond acceptors (Lipinski definition) is 3. The van der Waals surface area contributed by atoms with Gasteiger partial charge in [-0.3, -0.25) is 0 Å². The minimum Gasteiger partial charge on any atom is -0.248 e. The zero-order chi connectivity index (χ0) is 6.62. The topological polar surface area (TPSA) is 39.9 Å². The summed E-state index contributed by atoms with van der Waals surface area (Å²) < 4.78 is 21.6. The van der Waals surface area contributed by atoms with Crippen molar-refractivity contribution < 1.29 is 13.6 Å². The molecule has 0 aromatic carbocycles. The van der Waals surface area contributed by atoms with Crippen LogP contribution in [0.15, 0.2) is 0 Å². The molecule has 0 aliphatic heterocycles. The standard InChI is InChI=1S/C3H6NO3P/c1-4-8(5,6-2)7-3/h2-3H3. The molecule has 0 saturated carbocycles.